The minimum Gasteiger partial charge on any atom is -0.478 e. The molecule has 0 spiro atoms. The fraction of sp³-hybridized carbons (Fsp3) is 0.182. The molecule has 0 heterocycles. The van der Waals surface area contributed by atoms with E-state index in [1.807, 2.05) is 0 Å². The van der Waals surface area contributed by atoms with Crippen LogP contribution in [0, 0.1) is 0 Å². The highest BCUT2D eigenvalue weighted by molar-refractivity contribution is 5.89. The first-order valence-electron chi connectivity index (χ1n) is 4.86. The Balaban J connectivity index is 3.06. The maximum atomic E-state index is 10.9. The summed E-state index contributed by atoms with van der Waals surface area (Å²) in [6.07, 6.45) is -2.07. The van der Waals surface area contributed by atoms with Crippen LogP contribution in [0.5, 0.6) is 11.5 Å². The molecule has 0 fully saturated rings. The summed E-state index contributed by atoms with van der Waals surface area (Å²) in [5.74, 6) is -1.58. The van der Waals surface area contributed by atoms with E-state index in [1.165, 1.54) is 0 Å². The van der Waals surface area contributed by atoms with Crippen LogP contribution in [-0.4, -0.2) is 37.6 Å². The Hall–Kier alpha value is -2.77. The van der Waals surface area contributed by atoms with Crippen LogP contribution in [0.15, 0.2) is 18.2 Å². The molecule has 8 heteroatoms. The second-order valence-corrected chi connectivity index (χ2v) is 3.11. The number of methoxy groups -OCH3 is 2. The van der Waals surface area contributed by atoms with Crippen molar-refractivity contribution in [3.8, 4) is 11.5 Å². The molecule has 0 amide bonds. The maximum Gasteiger partial charge on any atom is 0.513 e. The summed E-state index contributed by atoms with van der Waals surface area (Å²) in [5.41, 5.74) is -0.236. The normalized spacial score (nSPS) is 9.37. The number of rotatable bonds is 3. The smallest absolute Gasteiger partial charge is 0.478 e. The van der Waals surface area contributed by atoms with Gasteiger partial charge >= 0.3 is 18.3 Å². The average Bonchev–Trinajstić information content (AvgIpc) is 2.37. The second kappa shape index (κ2) is 6.24. The summed E-state index contributed by atoms with van der Waals surface area (Å²) in [5, 5.41) is 8.87. The molecule has 0 radical (unpaired) electrons. The van der Waals surface area contributed by atoms with E-state index in [1.54, 1.807) is 0 Å². The quantitative estimate of drug-likeness (QED) is 0.652. The monoisotopic (exact) mass is 270 g/mol. The van der Waals surface area contributed by atoms with E-state index in [2.05, 4.69) is 18.9 Å². The van der Waals surface area contributed by atoms with Gasteiger partial charge in [-0.2, -0.15) is 0 Å². The number of carbonyl (C=O) groups excluding carboxylic acids is 2. The van der Waals surface area contributed by atoms with Crippen LogP contribution < -0.4 is 9.47 Å². The molecular formula is C11H10O8. The van der Waals surface area contributed by atoms with Gasteiger partial charge in [0.25, 0.3) is 0 Å². The van der Waals surface area contributed by atoms with Gasteiger partial charge in [-0.1, -0.05) is 0 Å². The third-order valence-corrected chi connectivity index (χ3v) is 1.86. The largest absolute Gasteiger partial charge is 0.513 e. The Morgan fingerprint density at radius 2 is 1.32 bits per heavy atom. The van der Waals surface area contributed by atoms with Crippen molar-refractivity contribution in [1.29, 1.82) is 0 Å². The first-order valence-corrected chi connectivity index (χ1v) is 4.86. The minimum atomic E-state index is -1.29. The zero-order chi connectivity index (χ0) is 14.4. The van der Waals surface area contributed by atoms with Crippen molar-refractivity contribution in [3.63, 3.8) is 0 Å². The van der Waals surface area contributed by atoms with Crippen molar-refractivity contribution in [1.82, 2.24) is 0 Å². The van der Waals surface area contributed by atoms with Crippen LogP contribution in [0.1, 0.15) is 10.4 Å². The third-order valence-electron chi connectivity index (χ3n) is 1.86. The van der Waals surface area contributed by atoms with Crippen LogP contribution in [0.3, 0.4) is 0 Å². The Kier molecular flexibility index (Phi) is 4.69. The van der Waals surface area contributed by atoms with Crippen molar-refractivity contribution in [3.05, 3.63) is 23.8 Å². The van der Waals surface area contributed by atoms with Gasteiger partial charge in [0.2, 0.25) is 0 Å². The van der Waals surface area contributed by atoms with Gasteiger partial charge in [0.05, 0.1) is 19.8 Å². The molecule has 19 heavy (non-hydrogen) atoms. The number of hydrogen-bond donors (Lipinski definition) is 1. The Morgan fingerprint density at radius 3 is 1.63 bits per heavy atom. The van der Waals surface area contributed by atoms with E-state index in [0.717, 1.165) is 32.4 Å². The predicted molar refractivity (Wildman–Crippen MR) is 59.5 cm³/mol. The molecule has 0 saturated carbocycles. The molecule has 0 aliphatic rings. The fourth-order valence-corrected chi connectivity index (χ4v) is 1.09. The lowest BCUT2D eigenvalue weighted by atomic mass is 10.2. The summed E-state index contributed by atoms with van der Waals surface area (Å²) in [6, 6.07) is 3.28. The minimum absolute atomic E-state index is 0.148. The first kappa shape index (κ1) is 14.3. The third kappa shape index (κ3) is 4.19. The number of benzene rings is 1. The zero-order valence-corrected chi connectivity index (χ0v) is 10.0. The first-order chi connectivity index (χ1) is 8.96. The summed E-state index contributed by atoms with van der Waals surface area (Å²) in [7, 11) is 2.19. The summed E-state index contributed by atoms with van der Waals surface area (Å²) < 4.78 is 17.8. The average molecular weight is 270 g/mol. The number of carbonyl (C=O) groups is 3. The van der Waals surface area contributed by atoms with Gasteiger partial charge in [-0.15, -0.1) is 0 Å². The van der Waals surface area contributed by atoms with Crippen molar-refractivity contribution in [2.45, 2.75) is 0 Å². The molecule has 0 atom stereocenters. The number of carboxylic acid groups (broad SMARTS) is 1. The van der Waals surface area contributed by atoms with Crippen molar-refractivity contribution < 1.29 is 38.4 Å². The van der Waals surface area contributed by atoms with E-state index in [9.17, 15) is 14.4 Å². The molecule has 1 N–H and O–H groups in total. The molecule has 0 bridgehead atoms. The van der Waals surface area contributed by atoms with Crippen molar-refractivity contribution >= 4 is 18.3 Å². The van der Waals surface area contributed by atoms with E-state index in [-0.39, 0.29) is 17.1 Å². The van der Waals surface area contributed by atoms with E-state index < -0.39 is 18.3 Å². The van der Waals surface area contributed by atoms with Gasteiger partial charge in [-0.25, -0.2) is 14.4 Å². The van der Waals surface area contributed by atoms with E-state index in [4.69, 9.17) is 5.11 Å². The maximum absolute atomic E-state index is 10.9. The number of ether oxygens (including phenoxy) is 4. The van der Waals surface area contributed by atoms with Crippen LogP contribution >= 0.6 is 0 Å². The van der Waals surface area contributed by atoms with Gasteiger partial charge in [0.15, 0.2) is 0 Å². The van der Waals surface area contributed by atoms with Crippen LogP contribution in [-0.2, 0) is 9.47 Å². The van der Waals surface area contributed by atoms with Crippen molar-refractivity contribution in [2.75, 3.05) is 14.2 Å². The SMILES string of the molecule is COC(=O)Oc1cc(OC(=O)OC)cc(C(=O)O)c1. The highest BCUT2D eigenvalue weighted by Crippen LogP contribution is 2.24. The van der Waals surface area contributed by atoms with E-state index in [0.29, 0.717) is 0 Å². The van der Waals surface area contributed by atoms with Gasteiger partial charge in [-0.05, 0) is 12.1 Å². The molecular weight excluding hydrogens is 260 g/mol. The number of carboxylic acids is 1. The lowest BCUT2D eigenvalue weighted by Crippen LogP contribution is -2.10. The van der Waals surface area contributed by atoms with Gasteiger partial charge in [-0.3, -0.25) is 0 Å². The summed E-state index contributed by atoms with van der Waals surface area (Å²) >= 11 is 0. The molecule has 1 aromatic carbocycles. The van der Waals surface area contributed by atoms with Crippen LogP contribution in [0.4, 0.5) is 9.59 Å². The molecule has 102 valence electrons. The molecule has 1 rings (SSSR count). The molecule has 8 nitrogen and oxygen atoms in total. The van der Waals surface area contributed by atoms with Crippen molar-refractivity contribution in [2.24, 2.45) is 0 Å². The fourth-order valence-electron chi connectivity index (χ4n) is 1.09. The Bertz CT molecular complexity index is 471. The zero-order valence-electron chi connectivity index (χ0n) is 10.0. The van der Waals surface area contributed by atoms with Gasteiger partial charge < -0.3 is 24.1 Å². The highest BCUT2D eigenvalue weighted by atomic mass is 16.7. The molecule has 0 aliphatic heterocycles. The molecule has 1 aromatic rings. The number of hydrogen-bond acceptors (Lipinski definition) is 7. The topological polar surface area (TPSA) is 108 Å². The molecule has 0 saturated heterocycles. The Morgan fingerprint density at radius 1 is 0.895 bits per heavy atom. The predicted octanol–water partition coefficient (Wildman–Crippen LogP) is 1.68. The van der Waals surface area contributed by atoms with Gasteiger partial charge in [0.1, 0.15) is 11.5 Å². The lowest BCUT2D eigenvalue weighted by Gasteiger charge is -2.07. The van der Waals surface area contributed by atoms with E-state index >= 15 is 0 Å². The highest BCUT2D eigenvalue weighted by Gasteiger charge is 2.14. The summed E-state index contributed by atoms with van der Waals surface area (Å²) in [6.45, 7) is 0. The molecule has 0 aliphatic carbocycles. The lowest BCUT2D eigenvalue weighted by molar-refractivity contribution is 0.0694. The number of aromatic carboxylic acids is 1. The second-order valence-electron chi connectivity index (χ2n) is 3.11. The van der Waals surface area contributed by atoms with Crippen LogP contribution in [0.25, 0.3) is 0 Å². The molecule has 0 aromatic heterocycles. The van der Waals surface area contributed by atoms with Gasteiger partial charge in [0, 0.05) is 6.07 Å². The van der Waals surface area contributed by atoms with Crippen LogP contribution in [0.2, 0.25) is 0 Å². The standard InChI is InChI=1S/C11H10O8/c1-16-10(14)18-7-3-6(9(12)13)4-8(5-7)19-11(15)17-2/h3-5H,1-2H3,(H,12,13). The summed E-state index contributed by atoms with van der Waals surface area (Å²) in [4.78, 5) is 32.7. The molecule has 0 unspecified atom stereocenters. The Labute approximate surface area is 107 Å².